The van der Waals surface area contributed by atoms with Crippen LogP contribution in [0, 0.1) is 0 Å². The van der Waals surface area contributed by atoms with Gasteiger partial charge < -0.3 is 0 Å². The summed E-state index contributed by atoms with van der Waals surface area (Å²) in [6.45, 7) is -5.08. The average molecular weight is 973 g/mol. The van der Waals surface area contributed by atoms with Gasteiger partial charge >= 0.3 is 0 Å². The SMILES string of the molecule is Brc1cc2c(cc1Br)C(=P(c1ccccc1)(c1ccccc1)c1ccccc1)[P+](Br)(Br)C2=P(c1ccccc1)(c1ccccc1)c1ccccc1. The van der Waals surface area contributed by atoms with Crippen LogP contribution in [0.4, 0.5) is 0 Å². The van der Waals surface area contributed by atoms with Crippen LogP contribution >= 0.6 is 81.3 Å². The summed E-state index contributed by atoms with van der Waals surface area (Å²) in [5.74, 6) is 0. The molecule has 0 bridgehead atoms. The molecule has 250 valence electrons. The second kappa shape index (κ2) is 14.7. The summed E-state index contributed by atoms with van der Waals surface area (Å²) in [6.07, 6.45) is 0. The molecule has 0 aliphatic carbocycles. The maximum atomic E-state index is 4.74. The van der Waals surface area contributed by atoms with Crippen molar-refractivity contribution in [2.24, 2.45) is 0 Å². The molecule has 0 atom stereocenters. The lowest BCUT2D eigenvalue weighted by Gasteiger charge is -2.34. The molecule has 7 heteroatoms. The minimum absolute atomic E-state index is 1.04. The standard InChI is InChI=1S/C44H32Br4P3/c45-41-31-39-40(32-42(41)46)44(50(36-25-13-4-14-26-36,37-27-15-5-16-28-37)38-29-17-6-18-30-38)51(47,48)43(39)49(33-19-7-1-8-20-33,34-21-9-2-10-22-34)35-23-11-3-12-24-35/h1-32H/q+1. The monoisotopic (exact) mass is 969 g/mol. The second-order valence-corrected chi connectivity index (χ2v) is 32.6. The molecule has 7 aromatic rings. The highest BCUT2D eigenvalue weighted by molar-refractivity contribution is 9.77. The Hall–Kier alpha value is -2.51. The molecule has 8 rings (SSSR count). The molecule has 0 radical (unpaired) electrons. The Bertz CT molecular complexity index is 2070. The topological polar surface area (TPSA) is 0 Å². The zero-order valence-corrected chi connectivity index (χ0v) is 36.4. The first-order valence-corrected chi connectivity index (χ1v) is 27.6. The van der Waals surface area contributed by atoms with E-state index in [0.29, 0.717) is 0 Å². The predicted molar refractivity (Wildman–Crippen MR) is 245 cm³/mol. The Balaban J connectivity index is 1.74. The van der Waals surface area contributed by atoms with E-state index in [1.807, 2.05) is 0 Å². The predicted octanol–water partition coefficient (Wildman–Crippen LogP) is 11.8. The van der Waals surface area contributed by atoms with Crippen molar-refractivity contribution < 1.29 is 0 Å². The molecular formula is C44H32Br4P3+. The number of benzene rings is 7. The van der Waals surface area contributed by atoms with Gasteiger partial charge in [0.2, 0.25) is 4.67 Å². The lowest BCUT2D eigenvalue weighted by Crippen LogP contribution is -2.31. The number of rotatable bonds is 6. The van der Waals surface area contributed by atoms with Crippen LogP contribution in [0.15, 0.2) is 203 Å². The first-order valence-electron chi connectivity index (χ1n) is 16.6. The highest BCUT2D eigenvalue weighted by Gasteiger charge is 2.61. The van der Waals surface area contributed by atoms with E-state index >= 15 is 0 Å². The van der Waals surface area contributed by atoms with E-state index in [4.69, 9.17) is 31.0 Å². The van der Waals surface area contributed by atoms with E-state index in [1.54, 1.807) is 0 Å². The average Bonchev–Trinajstić information content (AvgIpc) is 3.40. The minimum Gasteiger partial charge on any atom is -0.0622 e. The zero-order valence-electron chi connectivity index (χ0n) is 27.3. The van der Waals surface area contributed by atoms with Crippen molar-refractivity contribution >= 4 is 123 Å². The van der Waals surface area contributed by atoms with Gasteiger partial charge in [-0.2, -0.15) is 0 Å². The van der Waals surface area contributed by atoms with E-state index in [-0.39, 0.29) is 0 Å². The molecule has 0 amide bonds. The van der Waals surface area contributed by atoms with Crippen LogP contribution in [-0.2, 0) is 0 Å². The molecule has 0 fully saturated rings. The van der Waals surface area contributed by atoms with E-state index < -0.39 is 18.4 Å². The maximum Gasteiger partial charge on any atom is 0.220 e. The fourth-order valence-electron chi connectivity index (χ4n) is 7.60. The first-order chi connectivity index (χ1) is 24.9. The quantitative estimate of drug-likeness (QED) is 0.146. The molecule has 7 aromatic carbocycles. The van der Waals surface area contributed by atoms with Gasteiger partial charge in [0, 0.05) is 33.8 Å². The van der Waals surface area contributed by atoms with Crippen molar-refractivity contribution in [3.8, 4) is 0 Å². The summed E-state index contributed by atoms with van der Waals surface area (Å²) in [5, 5.41) is 10.8. The minimum atomic E-state index is -2.56. The molecule has 51 heavy (non-hydrogen) atoms. The Kier molecular flexibility index (Phi) is 10.3. The molecule has 1 aliphatic heterocycles. The molecule has 0 saturated heterocycles. The van der Waals surface area contributed by atoms with Gasteiger partial charge in [-0.05, 0) is 75.8 Å². The maximum absolute atomic E-state index is 4.74. The third-order valence-corrected chi connectivity index (χ3v) is 32.3. The summed E-state index contributed by atoms with van der Waals surface area (Å²) in [4.78, 5) is 0. The van der Waals surface area contributed by atoms with Crippen LogP contribution in [0.5, 0.6) is 0 Å². The van der Waals surface area contributed by atoms with Gasteiger partial charge in [0.1, 0.15) is 10.1 Å². The van der Waals surface area contributed by atoms with Crippen LogP contribution in [0.1, 0.15) is 11.1 Å². The Labute approximate surface area is 334 Å². The largest absolute Gasteiger partial charge is 0.220 e. The van der Waals surface area contributed by atoms with Crippen LogP contribution < -0.4 is 31.8 Å². The third kappa shape index (κ3) is 5.86. The van der Waals surface area contributed by atoms with Gasteiger partial charge in [0.05, 0.1) is 0 Å². The molecule has 0 spiro atoms. The number of fused-ring (bicyclic) bond motifs is 1. The van der Waals surface area contributed by atoms with Gasteiger partial charge in [-0.3, -0.25) is 0 Å². The highest BCUT2D eigenvalue weighted by Crippen LogP contribution is 2.87. The van der Waals surface area contributed by atoms with Crippen molar-refractivity contribution in [3.63, 3.8) is 0 Å². The van der Waals surface area contributed by atoms with Crippen molar-refractivity contribution in [2.75, 3.05) is 0 Å². The van der Waals surface area contributed by atoms with Crippen molar-refractivity contribution in [3.05, 3.63) is 214 Å². The first kappa shape index (κ1) is 35.5. The van der Waals surface area contributed by atoms with E-state index in [2.05, 4.69) is 226 Å². The molecule has 1 aliphatic rings. The van der Waals surface area contributed by atoms with Crippen molar-refractivity contribution in [1.82, 2.24) is 0 Å². The number of hydrogen-bond acceptors (Lipinski definition) is 0. The summed E-state index contributed by atoms with van der Waals surface area (Å²) in [7, 11) is 0. The number of hydrogen-bond donors (Lipinski definition) is 0. The van der Waals surface area contributed by atoms with Gasteiger partial charge in [0.15, 0.2) is 31.0 Å². The normalized spacial score (nSPS) is 14.0. The van der Waals surface area contributed by atoms with Gasteiger partial charge in [-0.15, -0.1) is 0 Å². The molecule has 0 unspecified atom stereocenters. The van der Waals surface area contributed by atoms with Gasteiger partial charge in [0.25, 0.3) is 0 Å². The van der Waals surface area contributed by atoms with Crippen LogP contribution in [0.2, 0.25) is 0 Å². The van der Waals surface area contributed by atoms with Crippen molar-refractivity contribution in [2.45, 2.75) is 0 Å². The second-order valence-electron chi connectivity index (χ2n) is 12.3. The fraction of sp³-hybridized carbons (Fsp3) is 0. The van der Waals surface area contributed by atoms with E-state index in [9.17, 15) is 0 Å². The van der Waals surface area contributed by atoms with Crippen LogP contribution in [0.25, 0.3) is 0 Å². The van der Waals surface area contributed by atoms with Gasteiger partial charge in [-0.1, -0.05) is 182 Å². The summed E-state index contributed by atoms with van der Waals surface area (Å²) in [6, 6.07) is 72.1. The molecular weight excluding hydrogens is 941 g/mol. The Morgan fingerprint density at radius 2 is 0.510 bits per heavy atom. The zero-order chi connectivity index (χ0) is 35.1. The fourth-order valence-corrected chi connectivity index (χ4v) is 34.3. The summed E-state index contributed by atoms with van der Waals surface area (Å²) < 4.78 is -0.481. The van der Waals surface area contributed by atoms with Crippen LogP contribution in [0.3, 0.4) is 0 Å². The molecule has 1 heterocycles. The van der Waals surface area contributed by atoms with Gasteiger partial charge in [-0.25, -0.2) is 0 Å². The van der Waals surface area contributed by atoms with Crippen LogP contribution in [-0.4, -0.2) is 10.1 Å². The Morgan fingerprint density at radius 1 is 0.314 bits per heavy atom. The summed E-state index contributed by atoms with van der Waals surface area (Å²) >= 11 is 17.5. The molecule has 0 saturated carbocycles. The number of halogens is 4. The molecule has 0 nitrogen and oxygen atoms in total. The smallest absolute Gasteiger partial charge is 0.0622 e. The van der Waals surface area contributed by atoms with Crippen molar-refractivity contribution in [1.29, 1.82) is 0 Å². The lowest BCUT2D eigenvalue weighted by molar-refractivity contribution is 1.56. The van der Waals surface area contributed by atoms with E-state index in [1.165, 1.54) is 53.0 Å². The third-order valence-electron chi connectivity index (χ3n) is 9.57. The Morgan fingerprint density at radius 3 is 0.706 bits per heavy atom. The molecule has 0 aromatic heterocycles. The highest BCUT2D eigenvalue weighted by atomic mass is 79.9. The lowest BCUT2D eigenvalue weighted by atomic mass is 10.1. The molecule has 0 N–H and O–H groups in total. The van der Waals surface area contributed by atoms with E-state index in [0.717, 1.165) is 8.95 Å². The summed E-state index contributed by atoms with van der Waals surface area (Å²) in [5.41, 5.74) is 2.55.